The Balaban J connectivity index is 1.18. The Kier molecular flexibility index (Phi) is 6.53. The SMILES string of the molecule is O=C(Nc1ccc(Oc2ccccc2F)nc1)c1n[nH]c2c1=CC(c1cncc(Oc3ccccc3)c1)CC=2. The highest BCUT2D eigenvalue weighted by Gasteiger charge is 2.19. The van der Waals surface area contributed by atoms with Crippen molar-refractivity contribution in [1.82, 2.24) is 20.2 Å². The number of benzene rings is 2. The summed E-state index contributed by atoms with van der Waals surface area (Å²) in [6.45, 7) is 0. The number of hydrogen-bond donors (Lipinski definition) is 2. The van der Waals surface area contributed by atoms with Crippen molar-refractivity contribution in [3.8, 4) is 23.1 Å². The number of aromatic amines is 1. The summed E-state index contributed by atoms with van der Waals surface area (Å²) in [4.78, 5) is 21.6. The molecule has 1 aliphatic rings. The summed E-state index contributed by atoms with van der Waals surface area (Å²) in [6.07, 6.45) is 9.67. The van der Waals surface area contributed by atoms with E-state index in [1.165, 1.54) is 18.3 Å². The first-order valence-corrected chi connectivity index (χ1v) is 12.3. The Bertz CT molecular complexity index is 1750. The van der Waals surface area contributed by atoms with Crippen LogP contribution in [0.3, 0.4) is 0 Å². The quantitative estimate of drug-likeness (QED) is 0.316. The van der Waals surface area contributed by atoms with Gasteiger partial charge in [0.05, 0.1) is 23.4 Å². The Morgan fingerprint density at radius 2 is 1.79 bits per heavy atom. The van der Waals surface area contributed by atoms with Gasteiger partial charge < -0.3 is 14.8 Å². The molecule has 2 aromatic carbocycles. The number of nitrogens with one attached hydrogen (secondary N) is 2. The van der Waals surface area contributed by atoms with Crippen LogP contribution in [0.25, 0.3) is 12.2 Å². The molecule has 0 saturated heterocycles. The molecule has 1 aliphatic carbocycles. The van der Waals surface area contributed by atoms with Gasteiger partial charge in [-0.15, -0.1) is 0 Å². The van der Waals surface area contributed by atoms with E-state index in [0.29, 0.717) is 16.7 Å². The lowest BCUT2D eigenvalue weighted by Gasteiger charge is -2.14. The van der Waals surface area contributed by atoms with Crippen LogP contribution in [0, 0.1) is 5.82 Å². The van der Waals surface area contributed by atoms with Gasteiger partial charge in [-0.25, -0.2) is 9.37 Å². The van der Waals surface area contributed by atoms with Crippen molar-refractivity contribution in [2.75, 3.05) is 5.32 Å². The lowest BCUT2D eigenvalue weighted by atomic mass is 9.92. The van der Waals surface area contributed by atoms with Gasteiger partial charge in [-0.05, 0) is 48.4 Å². The summed E-state index contributed by atoms with van der Waals surface area (Å²) < 4.78 is 25.2. The van der Waals surface area contributed by atoms with Crippen LogP contribution in [-0.4, -0.2) is 26.1 Å². The van der Waals surface area contributed by atoms with Gasteiger partial charge in [0.1, 0.15) is 11.5 Å². The number of carbonyl (C=O) groups is 1. The Morgan fingerprint density at radius 1 is 0.949 bits per heavy atom. The third-order valence-electron chi connectivity index (χ3n) is 6.18. The molecule has 2 N–H and O–H groups in total. The second-order valence-electron chi connectivity index (χ2n) is 8.85. The van der Waals surface area contributed by atoms with Crippen LogP contribution in [0.1, 0.15) is 28.4 Å². The molecule has 39 heavy (non-hydrogen) atoms. The standard InChI is InChI=1S/C30H22FN5O3/c31-25-8-4-5-9-27(25)39-28-13-11-21(17-33-28)34-30(37)29-24-15-19(10-12-26(24)35-36-29)20-14-23(18-32-16-20)38-22-6-2-1-3-7-22/h1-9,11-19,35H,10H2,(H,34,37). The number of H-pyrrole nitrogens is 1. The Hall–Kier alpha value is -5.31. The molecule has 0 radical (unpaired) electrons. The van der Waals surface area contributed by atoms with Gasteiger partial charge in [0.2, 0.25) is 5.88 Å². The number of pyridine rings is 2. The highest BCUT2D eigenvalue weighted by atomic mass is 19.1. The molecule has 0 saturated carbocycles. The average Bonchev–Trinajstić information content (AvgIpc) is 3.40. The highest BCUT2D eigenvalue weighted by Crippen LogP contribution is 2.28. The molecule has 5 aromatic rings. The topological polar surface area (TPSA) is 102 Å². The maximum absolute atomic E-state index is 13.8. The molecule has 192 valence electrons. The molecule has 0 fully saturated rings. The molecule has 1 atom stereocenters. The second kappa shape index (κ2) is 10.6. The summed E-state index contributed by atoms with van der Waals surface area (Å²) in [7, 11) is 0. The molecule has 1 unspecified atom stereocenters. The van der Waals surface area contributed by atoms with Crippen molar-refractivity contribution >= 4 is 23.7 Å². The number of ether oxygens (including phenoxy) is 2. The average molecular weight is 520 g/mol. The van der Waals surface area contributed by atoms with E-state index in [2.05, 4.69) is 25.5 Å². The molecule has 1 amide bonds. The molecular formula is C30H22FN5O3. The first kappa shape index (κ1) is 24.1. The lowest BCUT2D eigenvalue weighted by Crippen LogP contribution is -2.32. The van der Waals surface area contributed by atoms with E-state index in [0.717, 1.165) is 23.1 Å². The third kappa shape index (κ3) is 5.37. The number of para-hydroxylation sites is 2. The van der Waals surface area contributed by atoms with Crippen LogP contribution < -0.4 is 25.4 Å². The van der Waals surface area contributed by atoms with Crippen molar-refractivity contribution < 1.29 is 18.7 Å². The number of aromatic nitrogens is 4. The Morgan fingerprint density at radius 3 is 2.62 bits per heavy atom. The fourth-order valence-corrected chi connectivity index (χ4v) is 4.27. The van der Waals surface area contributed by atoms with Gasteiger partial charge in [0, 0.05) is 23.4 Å². The van der Waals surface area contributed by atoms with E-state index in [1.807, 2.05) is 48.6 Å². The van der Waals surface area contributed by atoms with Crippen LogP contribution in [0.15, 0.2) is 91.4 Å². The molecule has 9 heteroatoms. The minimum absolute atomic E-state index is 0.00930. The predicted molar refractivity (Wildman–Crippen MR) is 144 cm³/mol. The van der Waals surface area contributed by atoms with Crippen LogP contribution in [-0.2, 0) is 0 Å². The van der Waals surface area contributed by atoms with E-state index in [1.54, 1.807) is 36.7 Å². The third-order valence-corrected chi connectivity index (χ3v) is 6.18. The normalized spacial score (nSPS) is 13.9. The number of carbonyl (C=O) groups excluding carboxylic acids is 1. The van der Waals surface area contributed by atoms with Crippen molar-refractivity contribution in [2.45, 2.75) is 12.3 Å². The van der Waals surface area contributed by atoms with Gasteiger partial charge in [0.25, 0.3) is 5.91 Å². The number of anilines is 1. The van der Waals surface area contributed by atoms with Crippen LogP contribution >= 0.6 is 0 Å². The van der Waals surface area contributed by atoms with Gasteiger partial charge >= 0.3 is 0 Å². The largest absolute Gasteiger partial charge is 0.456 e. The number of hydrogen-bond acceptors (Lipinski definition) is 6. The molecule has 0 spiro atoms. The fourth-order valence-electron chi connectivity index (χ4n) is 4.27. The van der Waals surface area contributed by atoms with Crippen molar-refractivity contribution in [3.63, 3.8) is 0 Å². The van der Waals surface area contributed by atoms with Gasteiger partial charge in [-0.2, -0.15) is 5.10 Å². The number of amides is 1. The second-order valence-corrected chi connectivity index (χ2v) is 8.85. The van der Waals surface area contributed by atoms with Crippen LogP contribution in [0.5, 0.6) is 23.1 Å². The number of rotatable bonds is 7. The molecule has 0 bridgehead atoms. The summed E-state index contributed by atoms with van der Waals surface area (Å²) in [5, 5.41) is 11.5. The van der Waals surface area contributed by atoms with E-state index in [9.17, 15) is 9.18 Å². The molecule has 8 nitrogen and oxygen atoms in total. The summed E-state index contributed by atoms with van der Waals surface area (Å²) in [6, 6.07) is 20.7. The zero-order chi connectivity index (χ0) is 26.6. The molecule has 0 aliphatic heterocycles. The number of fused-ring (bicyclic) bond motifs is 1. The number of nitrogens with zero attached hydrogens (tertiary/aromatic N) is 3. The highest BCUT2D eigenvalue weighted by molar-refractivity contribution is 6.03. The molecule has 3 aromatic heterocycles. The minimum atomic E-state index is -0.488. The lowest BCUT2D eigenvalue weighted by molar-refractivity contribution is 0.102. The minimum Gasteiger partial charge on any atom is -0.456 e. The van der Waals surface area contributed by atoms with Gasteiger partial charge in [-0.1, -0.05) is 42.5 Å². The maximum Gasteiger partial charge on any atom is 0.276 e. The molecule has 6 rings (SSSR count). The van der Waals surface area contributed by atoms with Crippen molar-refractivity contribution in [1.29, 1.82) is 0 Å². The Labute approximate surface area is 222 Å². The summed E-state index contributed by atoms with van der Waals surface area (Å²) >= 11 is 0. The van der Waals surface area contributed by atoms with Crippen molar-refractivity contribution in [2.24, 2.45) is 0 Å². The number of halogens is 1. The van der Waals surface area contributed by atoms with E-state index in [4.69, 9.17) is 9.47 Å². The van der Waals surface area contributed by atoms with Crippen molar-refractivity contribution in [3.05, 3.63) is 119 Å². The zero-order valence-corrected chi connectivity index (χ0v) is 20.5. The van der Waals surface area contributed by atoms with Crippen LogP contribution in [0.4, 0.5) is 10.1 Å². The van der Waals surface area contributed by atoms with E-state index < -0.39 is 5.82 Å². The maximum atomic E-state index is 13.8. The van der Waals surface area contributed by atoms with Gasteiger partial charge in [-0.3, -0.25) is 14.9 Å². The monoisotopic (exact) mass is 519 g/mol. The van der Waals surface area contributed by atoms with Crippen LogP contribution in [0.2, 0.25) is 0 Å². The first-order chi connectivity index (χ1) is 19.1. The van der Waals surface area contributed by atoms with E-state index >= 15 is 0 Å². The molecule has 3 heterocycles. The van der Waals surface area contributed by atoms with E-state index in [-0.39, 0.29) is 29.1 Å². The fraction of sp³-hybridized carbons (Fsp3) is 0.0667. The summed E-state index contributed by atoms with van der Waals surface area (Å²) in [5.74, 6) is 0.752. The van der Waals surface area contributed by atoms with Gasteiger partial charge in [0.15, 0.2) is 17.3 Å². The zero-order valence-electron chi connectivity index (χ0n) is 20.5. The summed E-state index contributed by atoms with van der Waals surface area (Å²) in [5.41, 5.74) is 1.68. The molecular weight excluding hydrogens is 497 g/mol. The predicted octanol–water partition coefficient (Wildman–Crippen LogP) is 4.92. The first-order valence-electron chi connectivity index (χ1n) is 12.3. The smallest absolute Gasteiger partial charge is 0.276 e.